The largest absolute Gasteiger partial charge is 0.347 e. The summed E-state index contributed by atoms with van der Waals surface area (Å²) < 4.78 is 13.6. The van der Waals surface area contributed by atoms with Gasteiger partial charge in [0, 0.05) is 22.4 Å². The van der Waals surface area contributed by atoms with Crippen LogP contribution < -0.4 is 5.32 Å². The summed E-state index contributed by atoms with van der Waals surface area (Å²) in [5.41, 5.74) is 0.267. The molecule has 2 rings (SSSR count). The summed E-state index contributed by atoms with van der Waals surface area (Å²) in [5.74, 6) is -0.155. The standard InChI is InChI=1S/C11H9BrFN3O/c12-8-3-7(4-9(13)5-8)11(17)16-6-10-14-1-2-15-10/h1-5H,6H2,(H,14,15)(H,16,17). The highest BCUT2D eigenvalue weighted by Crippen LogP contribution is 2.14. The third kappa shape index (κ3) is 3.13. The molecule has 1 aromatic carbocycles. The zero-order chi connectivity index (χ0) is 12.3. The van der Waals surface area contributed by atoms with Crippen LogP contribution in [-0.4, -0.2) is 15.9 Å². The fourth-order valence-electron chi connectivity index (χ4n) is 1.35. The van der Waals surface area contributed by atoms with Crippen LogP contribution in [0.15, 0.2) is 35.1 Å². The second kappa shape index (κ2) is 5.09. The molecule has 0 fully saturated rings. The summed E-state index contributed by atoms with van der Waals surface area (Å²) in [4.78, 5) is 18.5. The van der Waals surface area contributed by atoms with Gasteiger partial charge < -0.3 is 10.3 Å². The van der Waals surface area contributed by atoms with Crippen LogP contribution in [0.2, 0.25) is 0 Å². The molecule has 0 unspecified atom stereocenters. The number of hydrogen-bond donors (Lipinski definition) is 2. The normalized spacial score (nSPS) is 10.2. The second-order valence-electron chi connectivity index (χ2n) is 3.38. The van der Waals surface area contributed by atoms with Crippen molar-refractivity contribution in [1.29, 1.82) is 0 Å². The van der Waals surface area contributed by atoms with E-state index in [9.17, 15) is 9.18 Å². The number of aromatic amines is 1. The maximum absolute atomic E-state index is 13.1. The molecule has 1 aromatic heterocycles. The Morgan fingerprint density at radius 3 is 2.94 bits per heavy atom. The van der Waals surface area contributed by atoms with Crippen molar-refractivity contribution in [2.24, 2.45) is 0 Å². The monoisotopic (exact) mass is 297 g/mol. The summed E-state index contributed by atoms with van der Waals surface area (Å²) >= 11 is 3.13. The number of amides is 1. The highest BCUT2D eigenvalue weighted by atomic mass is 79.9. The van der Waals surface area contributed by atoms with E-state index in [0.29, 0.717) is 10.3 Å². The molecule has 4 nitrogen and oxygen atoms in total. The molecular weight excluding hydrogens is 289 g/mol. The van der Waals surface area contributed by atoms with Crippen LogP contribution in [0.3, 0.4) is 0 Å². The number of halogens is 2. The summed E-state index contributed by atoms with van der Waals surface area (Å²) in [6.07, 6.45) is 3.26. The third-order valence-electron chi connectivity index (χ3n) is 2.10. The first-order valence-electron chi connectivity index (χ1n) is 4.88. The molecule has 2 aromatic rings. The van der Waals surface area contributed by atoms with Gasteiger partial charge in [-0.2, -0.15) is 0 Å². The Morgan fingerprint density at radius 1 is 1.47 bits per heavy atom. The lowest BCUT2D eigenvalue weighted by atomic mass is 10.2. The van der Waals surface area contributed by atoms with Crippen LogP contribution in [0.1, 0.15) is 16.2 Å². The Labute approximate surface area is 105 Å². The molecule has 0 aliphatic carbocycles. The van der Waals surface area contributed by atoms with Crippen LogP contribution >= 0.6 is 15.9 Å². The Morgan fingerprint density at radius 2 is 2.29 bits per heavy atom. The van der Waals surface area contributed by atoms with Crippen molar-refractivity contribution in [2.75, 3.05) is 0 Å². The first-order valence-corrected chi connectivity index (χ1v) is 5.67. The van der Waals surface area contributed by atoms with Gasteiger partial charge in [0.05, 0.1) is 6.54 Å². The van der Waals surface area contributed by atoms with Gasteiger partial charge in [-0.3, -0.25) is 4.79 Å². The number of rotatable bonds is 3. The molecule has 0 aliphatic rings. The van der Waals surface area contributed by atoms with Crippen molar-refractivity contribution in [1.82, 2.24) is 15.3 Å². The summed E-state index contributed by atoms with van der Waals surface area (Å²) in [7, 11) is 0. The van der Waals surface area contributed by atoms with Gasteiger partial charge in [0.15, 0.2) is 0 Å². The number of imidazole rings is 1. The van der Waals surface area contributed by atoms with Crippen LogP contribution in [0.4, 0.5) is 4.39 Å². The fraction of sp³-hybridized carbons (Fsp3) is 0.0909. The lowest BCUT2D eigenvalue weighted by molar-refractivity contribution is 0.0949. The van der Waals surface area contributed by atoms with E-state index in [1.54, 1.807) is 18.5 Å². The Kier molecular flexibility index (Phi) is 3.53. The first kappa shape index (κ1) is 11.8. The zero-order valence-corrected chi connectivity index (χ0v) is 10.3. The van der Waals surface area contributed by atoms with Gasteiger partial charge in [-0.15, -0.1) is 0 Å². The number of nitrogens with one attached hydrogen (secondary N) is 2. The Balaban J connectivity index is 2.04. The van der Waals surface area contributed by atoms with Crippen LogP contribution in [0.5, 0.6) is 0 Å². The maximum atomic E-state index is 13.1. The summed E-state index contributed by atoms with van der Waals surface area (Å²) in [6, 6.07) is 4.03. The van der Waals surface area contributed by atoms with E-state index in [2.05, 4.69) is 31.2 Å². The van der Waals surface area contributed by atoms with E-state index in [1.807, 2.05) is 0 Å². The number of carbonyl (C=O) groups excluding carboxylic acids is 1. The number of carbonyl (C=O) groups is 1. The van der Waals surface area contributed by atoms with Gasteiger partial charge in [0.1, 0.15) is 11.6 Å². The molecule has 0 aliphatic heterocycles. The number of benzene rings is 1. The minimum Gasteiger partial charge on any atom is -0.347 e. The van der Waals surface area contributed by atoms with Crippen molar-refractivity contribution >= 4 is 21.8 Å². The smallest absolute Gasteiger partial charge is 0.251 e. The predicted octanol–water partition coefficient (Wildman–Crippen LogP) is 2.24. The lowest BCUT2D eigenvalue weighted by Crippen LogP contribution is -2.23. The van der Waals surface area contributed by atoms with Crippen molar-refractivity contribution in [3.8, 4) is 0 Å². The molecule has 0 radical (unpaired) electrons. The highest BCUT2D eigenvalue weighted by molar-refractivity contribution is 9.10. The predicted molar refractivity (Wildman–Crippen MR) is 63.9 cm³/mol. The molecule has 0 saturated carbocycles. The average Bonchev–Trinajstić information content (AvgIpc) is 2.77. The van der Waals surface area contributed by atoms with Crippen LogP contribution in [0, 0.1) is 5.82 Å². The van der Waals surface area contributed by atoms with E-state index in [1.165, 1.54) is 12.1 Å². The second-order valence-corrected chi connectivity index (χ2v) is 4.29. The number of hydrogen-bond acceptors (Lipinski definition) is 2. The molecule has 6 heteroatoms. The number of nitrogens with zero attached hydrogens (tertiary/aromatic N) is 1. The zero-order valence-electron chi connectivity index (χ0n) is 8.71. The molecule has 1 amide bonds. The van der Waals surface area contributed by atoms with Gasteiger partial charge in [-0.1, -0.05) is 15.9 Å². The molecule has 0 atom stereocenters. The number of H-pyrrole nitrogens is 1. The highest BCUT2D eigenvalue weighted by Gasteiger charge is 2.08. The van der Waals surface area contributed by atoms with Crippen molar-refractivity contribution < 1.29 is 9.18 Å². The fourth-order valence-corrected chi connectivity index (χ4v) is 1.81. The molecule has 2 N–H and O–H groups in total. The Hall–Kier alpha value is -1.69. The van der Waals surface area contributed by atoms with Crippen molar-refractivity contribution in [3.63, 3.8) is 0 Å². The molecule has 0 spiro atoms. The Bertz CT molecular complexity index is 507. The minimum atomic E-state index is -0.456. The number of aromatic nitrogens is 2. The SMILES string of the molecule is O=C(NCc1ncc[nH]1)c1cc(F)cc(Br)c1. The molecule has 1 heterocycles. The van der Waals surface area contributed by atoms with Crippen LogP contribution in [-0.2, 0) is 6.54 Å². The first-order chi connectivity index (χ1) is 8.15. The molecule has 0 saturated heterocycles. The van der Waals surface area contributed by atoms with E-state index < -0.39 is 5.82 Å². The quantitative estimate of drug-likeness (QED) is 0.913. The summed E-state index contributed by atoms with van der Waals surface area (Å²) in [5, 5.41) is 2.64. The third-order valence-corrected chi connectivity index (χ3v) is 2.55. The maximum Gasteiger partial charge on any atom is 0.251 e. The van der Waals surface area contributed by atoms with Gasteiger partial charge in [0.25, 0.3) is 5.91 Å². The minimum absolute atomic E-state index is 0.267. The van der Waals surface area contributed by atoms with E-state index in [0.717, 1.165) is 0 Å². The molecule has 0 bridgehead atoms. The van der Waals surface area contributed by atoms with E-state index >= 15 is 0 Å². The molecule has 17 heavy (non-hydrogen) atoms. The van der Waals surface area contributed by atoms with Gasteiger partial charge in [-0.05, 0) is 18.2 Å². The van der Waals surface area contributed by atoms with Gasteiger partial charge in [-0.25, -0.2) is 9.37 Å². The molecular formula is C11H9BrFN3O. The van der Waals surface area contributed by atoms with Crippen LogP contribution in [0.25, 0.3) is 0 Å². The van der Waals surface area contributed by atoms with E-state index in [-0.39, 0.29) is 18.0 Å². The van der Waals surface area contributed by atoms with E-state index in [4.69, 9.17) is 0 Å². The molecule has 88 valence electrons. The van der Waals surface area contributed by atoms with Crippen molar-refractivity contribution in [2.45, 2.75) is 6.54 Å². The lowest BCUT2D eigenvalue weighted by Gasteiger charge is -2.04. The van der Waals surface area contributed by atoms with Gasteiger partial charge in [0.2, 0.25) is 0 Å². The van der Waals surface area contributed by atoms with Crippen molar-refractivity contribution in [3.05, 3.63) is 52.3 Å². The topological polar surface area (TPSA) is 57.8 Å². The average molecular weight is 298 g/mol. The summed E-state index contributed by atoms with van der Waals surface area (Å²) in [6.45, 7) is 0.278. The van der Waals surface area contributed by atoms with Gasteiger partial charge >= 0.3 is 0 Å².